The molecule has 0 fully saturated rings. The van der Waals surface area contributed by atoms with Crippen molar-refractivity contribution < 1.29 is 18.0 Å². The third-order valence-electron chi connectivity index (χ3n) is 2.46. The SMILES string of the molecule is NCc1ccc(S(=O)(=O)N(CC(N)=O)CC(N)=O)cc1. The van der Waals surface area contributed by atoms with Crippen LogP contribution in [0.2, 0.25) is 0 Å². The Balaban J connectivity index is 3.13. The van der Waals surface area contributed by atoms with Crippen LogP contribution < -0.4 is 17.2 Å². The minimum Gasteiger partial charge on any atom is -0.369 e. The molecule has 0 atom stereocenters. The van der Waals surface area contributed by atoms with Crippen LogP contribution in [0, 0.1) is 0 Å². The van der Waals surface area contributed by atoms with Crippen molar-refractivity contribution in [3.8, 4) is 0 Å². The summed E-state index contributed by atoms with van der Waals surface area (Å²) in [6, 6.07) is 5.76. The summed E-state index contributed by atoms with van der Waals surface area (Å²) in [5.41, 5.74) is 16.1. The second-order valence-electron chi connectivity index (χ2n) is 4.05. The molecule has 0 saturated carbocycles. The fraction of sp³-hybridized carbons (Fsp3) is 0.273. The molecule has 0 aliphatic rings. The molecule has 0 aromatic heterocycles. The maximum Gasteiger partial charge on any atom is 0.244 e. The number of amides is 2. The topological polar surface area (TPSA) is 150 Å². The zero-order chi connectivity index (χ0) is 15.3. The van der Waals surface area contributed by atoms with E-state index in [0.29, 0.717) is 4.31 Å². The van der Waals surface area contributed by atoms with Gasteiger partial charge < -0.3 is 17.2 Å². The van der Waals surface area contributed by atoms with Crippen molar-refractivity contribution in [1.29, 1.82) is 0 Å². The van der Waals surface area contributed by atoms with Crippen LogP contribution in [0.5, 0.6) is 0 Å². The van der Waals surface area contributed by atoms with Gasteiger partial charge in [0.15, 0.2) is 0 Å². The molecule has 0 aliphatic heterocycles. The number of hydrogen-bond acceptors (Lipinski definition) is 5. The fourth-order valence-corrected chi connectivity index (χ4v) is 2.89. The summed E-state index contributed by atoms with van der Waals surface area (Å²) in [6.07, 6.45) is 0. The Labute approximate surface area is 116 Å². The summed E-state index contributed by atoms with van der Waals surface area (Å²) in [7, 11) is -4.03. The van der Waals surface area contributed by atoms with E-state index >= 15 is 0 Å². The summed E-state index contributed by atoms with van der Waals surface area (Å²) in [6.45, 7) is -0.972. The predicted molar refractivity (Wildman–Crippen MR) is 71.5 cm³/mol. The van der Waals surface area contributed by atoms with Crippen LogP contribution >= 0.6 is 0 Å². The number of nitrogens with two attached hydrogens (primary N) is 3. The van der Waals surface area contributed by atoms with Crippen LogP contribution in [0.25, 0.3) is 0 Å². The molecular weight excluding hydrogens is 284 g/mol. The Bertz CT molecular complexity index is 581. The van der Waals surface area contributed by atoms with Gasteiger partial charge in [-0.15, -0.1) is 0 Å². The number of carbonyl (C=O) groups excluding carboxylic acids is 2. The molecule has 0 aliphatic carbocycles. The van der Waals surface area contributed by atoms with Crippen molar-refractivity contribution in [2.75, 3.05) is 13.1 Å². The number of primary amides is 2. The number of rotatable bonds is 7. The maximum atomic E-state index is 12.3. The first-order valence-electron chi connectivity index (χ1n) is 5.63. The van der Waals surface area contributed by atoms with Gasteiger partial charge in [0.1, 0.15) is 0 Å². The van der Waals surface area contributed by atoms with E-state index in [1.54, 1.807) is 12.1 Å². The van der Waals surface area contributed by atoms with Gasteiger partial charge in [-0.1, -0.05) is 12.1 Å². The van der Waals surface area contributed by atoms with Gasteiger partial charge in [0, 0.05) is 6.54 Å². The average molecular weight is 300 g/mol. The predicted octanol–water partition coefficient (Wildman–Crippen LogP) is -1.89. The normalized spacial score (nSPS) is 11.5. The Morgan fingerprint density at radius 3 is 1.80 bits per heavy atom. The maximum absolute atomic E-state index is 12.3. The first kappa shape index (κ1) is 16.1. The van der Waals surface area contributed by atoms with Gasteiger partial charge in [0.2, 0.25) is 21.8 Å². The van der Waals surface area contributed by atoms with Gasteiger partial charge in [-0.2, -0.15) is 4.31 Å². The van der Waals surface area contributed by atoms with Gasteiger partial charge in [-0.25, -0.2) is 8.42 Å². The molecule has 8 nitrogen and oxygen atoms in total. The van der Waals surface area contributed by atoms with Crippen LogP contribution in [0.15, 0.2) is 29.2 Å². The molecular formula is C11H16N4O4S. The summed E-state index contributed by atoms with van der Waals surface area (Å²) in [5.74, 6) is -1.76. The smallest absolute Gasteiger partial charge is 0.244 e. The highest BCUT2D eigenvalue weighted by Gasteiger charge is 2.27. The first-order chi connectivity index (χ1) is 9.27. The van der Waals surface area contributed by atoms with Gasteiger partial charge in [0.05, 0.1) is 18.0 Å². The number of nitrogens with zero attached hydrogens (tertiary/aromatic N) is 1. The average Bonchev–Trinajstić information content (AvgIpc) is 2.37. The molecule has 0 unspecified atom stereocenters. The van der Waals surface area contributed by atoms with E-state index in [2.05, 4.69) is 0 Å². The minimum absolute atomic E-state index is 0.0720. The van der Waals surface area contributed by atoms with Crippen LogP contribution in [-0.4, -0.2) is 37.6 Å². The Kier molecular flexibility index (Phi) is 5.19. The Morgan fingerprint density at radius 1 is 1.00 bits per heavy atom. The zero-order valence-corrected chi connectivity index (χ0v) is 11.5. The zero-order valence-electron chi connectivity index (χ0n) is 10.7. The lowest BCUT2D eigenvalue weighted by Crippen LogP contribution is -2.43. The molecule has 20 heavy (non-hydrogen) atoms. The highest BCUT2D eigenvalue weighted by atomic mass is 32.2. The van der Waals surface area contributed by atoms with Crippen molar-refractivity contribution >= 4 is 21.8 Å². The van der Waals surface area contributed by atoms with E-state index < -0.39 is 34.9 Å². The second-order valence-corrected chi connectivity index (χ2v) is 5.99. The van der Waals surface area contributed by atoms with Crippen LogP contribution in [0.3, 0.4) is 0 Å². The number of benzene rings is 1. The van der Waals surface area contributed by atoms with Crippen LogP contribution in [-0.2, 0) is 26.2 Å². The summed E-state index contributed by atoms with van der Waals surface area (Å²) < 4.78 is 25.2. The standard InChI is InChI=1S/C11H16N4O4S/c12-5-8-1-3-9(4-2-8)20(18,19)15(6-10(13)16)7-11(14)17/h1-4H,5-7,12H2,(H2,13,16)(H2,14,17). The van der Waals surface area contributed by atoms with E-state index in [-0.39, 0.29) is 11.4 Å². The van der Waals surface area contributed by atoms with Crippen molar-refractivity contribution in [1.82, 2.24) is 4.31 Å². The lowest BCUT2D eigenvalue weighted by Gasteiger charge is -2.19. The largest absolute Gasteiger partial charge is 0.369 e. The van der Waals surface area contributed by atoms with E-state index in [1.807, 2.05) is 0 Å². The molecule has 1 aromatic rings. The quantitative estimate of drug-likeness (QED) is 0.538. The molecule has 1 aromatic carbocycles. The van der Waals surface area contributed by atoms with Gasteiger partial charge in [0.25, 0.3) is 0 Å². The van der Waals surface area contributed by atoms with Gasteiger partial charge in [-0.3, -0.25) is 9.59 Å². The molecule has 0 radical (unpaired) electrons. The fourth-order valence-electron chi connectivity index (χ4n) is 1.52. The van der Waals surface area contributed by atoms with Crippen molar-refractivity contribution in [3.63, 3.8) is 0 Å². The molecule has 0 saturated heterocycles. The number of hydrogen-bond donors (Lipinski definition) is 3. The minimum atomic E-state index is -4.03. The molecule has 6 N–H and O–H groups in total. The molecule has 9 heteroatoms. The Hall–Kier alpha value is -1.97. The number of sulfonamides is 1. The molecule has 110 valence electrons. The molecule has 0 heterocycles. The number of carbonyl (C=O) groups is 2. The van der Waals surface area contributed by atoms with Crippen LogP contribution in [0.1, 0.15) is 5.56 Å². The van der Waals surface area contributed by atoms with Gasteiger partial charge >= 0.3 is 0 Å². The summed E-state index contributed by atoms with van der Waals surface area (Å²) in [5, 5.41) is 0. The summed E-state index contributed by atoms with van der Waals surface area (Å²) >= 11 is 0. The highest BCUT2D eigenvalue weighted by molar-refractivity contribution is 7.89. The van der Waals surface area contributed by atoms with Crippen molar-refractivity contribution in [2.45, 2.75) is 11.4 Å². The van der Waals surface area contributed by atoms with Gasteiger partial charge in [-0.05, 0) is 17.7 Å². The van der Waals surface area contributed by atoms with Crippen molar-refractivity contribution in [2.24, 2.45) is 17.2 Å². The molecule has 0 spiro atoms. The van der Waals surface area contributed by atoms with E-state index in [0.717, 1.165) is 5.56 Å². The van der Waals surface area contributed by atoms with E-state index in [1.165, 1.54) is 12.1 Å². The molecule has 2 amide bonds. The first-order valence-corrected chi connectivity index (χ1v) is 7.07. The monoisotopic (exact) mass is 300 g/mol. The molecule has 0 bridgehead atoms. The third kappa shape index (κ3) is 4.02. The summed E-state index contributed by atoms with van der Waals surface area (Å²) in [4.78, 5) is 21.8. The lowest BCUT2D eigenvalue weighted by molar-refractivity contribution is -0.120. The van der Waals surface area contributed by atoms with Crippen molar-refractivity contribution in [3.05, 3.63) is 29.8 Å². The van der Waals surface area contributed by atoms with Crippen LogP contribution in [0.4, 0.5) is 0 Å². The van der Waals surface area contributed by atoms with E-state index in [4.69, 9.17) is 17.2 Å². The highest BCUT2D eigenvalue weighted by Crippen LogP contribution is 2.16. The van der Waals surface area contributed by atoms with E-state index in [9.17, 15) is 18.0 Å². The lowest BCUT2D eigenvalue weighted by atomic mass is 10.2. The Morgan fingerprint density at radius 2 is 1.45 bits per heavy atom. The second kappa shape index (κ2) is 6.46. The third-order valence-corrected chi connectivity index (χ3v) is 4.27. The molecule has 1 rings (SSSR count).